The number of anilines is 1. The van der Waals surface area contributed by atoms with Crippen molar-refractivity contribution in [3.63, 3.8) is 0 Å². The van der Waals surface area contributed by atoms with Gasteiger partial charge in [0.15, 0.2) is 11.5 Å². The van der Waals surface area contributed by atoms with Crippen LogP contribution in [0, 0.1) is 0 Å². The van der Waals surface area contributed by atoms with Crippen LogP contribution in [0.25, 0.3) is 0 Å². The van der Waals surface area contributed by atoms with Gasteiger partial charge in [-0.05, 0) is 19.1 Å². The number of benzene rings is 1. The molecule has 5 nitrogen and oxygen atoms in total. The van der Waals surface area contributed by atoms with Crippen molar-refractivity contribution in [3.8, 4) is 11.5 Å². The second-order valence-electron chi connectivity index (χ2n) is 4.03. The van der Waals surface area contributed by atoms with Gasteiger partial charge in [0.25, 0.3) is 0 Å². The predicted octanol–water partition coefficient (Wildman–Crippen LogP) is 2.14. The van der Waals surface area contributed by atoms with Crippen molar-refractivity contribution in [2.45, 2.75) is 13.5 Å². The molecule has 8 heteroatoms. The molecular weight excluding hydrogens is 292 g/mol. The van der Waals surface area contributed by atoms with Gasteiger partial charge < -0.3 is 14.8 Å². The normalized spacial score (nSPS) is 11.4. The minimum Gasteiger partial charge on any atom is -0.490 e. The van der Waals surface area contributed by atoms with E-state index < -0.39 is 16.4 Å². The maximum atomic E-state index is 12.2. The van der Waals surface area contributed by atoms with Gasteiger partial charge in [0.2, 0.25) is 0 Å². The van der Waals surface area contributed by atoms with Crippen LogP contribution in [0.1, 0.15) is 6.92 Å². The van der Waals surface area contributed by atoms with Gasteiger partial charge in [-0.2, -0.15) is 8.78 Å². The van der Waals surface area contributed by atoms with E-state index in [9.17, 15) is 17.2 Å². The summed E-state index contributed by atoms with van der Waals surface area (Å²) in [6, 6.07) is 4.35. The molecule has 0 aliphatic rings. The molecule has 0 spiro atoms. The van der Waals surface area contributed by atoms with Gasteiger partial charge >= 0.3 is 6.61 Å². The number of hydrogen-bond acceptors (Lipinski definition) is 5. The first-order valence-electron chi connectivity index (χ1n) is 5.95. The minimum atomic E-state index is -3.06. The quantitative estimate of drug-likeness (QED) is 0.797. The standard InChI is InChI=1S/C12H17F2NO4S/c1-3-18-11-8-9(15-6-7-20(2,16)17)4-5-10(11)19-12(13)14/h4-5,8,12,15H,3,6-7H2,1-2H3. The molecule has 114 valence electrons. The Morgan fingerprint density at radius 1 is 1.30 bits per heavy atom. The monoisotopic (exact) mass is 309 g/mol. The lowest BCUT2D eigenvalue weighted by molar-refractivity contribution is -0.0514. The van der Waals surface area contributed by atoms with Gasteiger partial charge in [-0.15, -0.1) is 0 Å². The van der Waals surface area contributed by atoms with Crippen molar-refractivity contribution in [1.29, 1.82) is 0 Å². The highest BCUT2D eigenvalue weighted by Crippen LogP contribution is 2.31. The molecule has 0 saturated heterocycles. The summed E-state index contributed by atoms with van der Waals surface area (Å²) in [6.45, 7) is -0.694. The molecule has 0 unspecified atom stereocenters. The number of ether oxygens (including phenoxy) is 2. The number of hydrogen-bond donors (Lipinski definition) is 1. The fourth-order valence-electron chi connectivity index (χ4n) is 1.46. The van der Waals surface area contributed by atoms with Crippen molar-refractivity contribution in [1.82, 2.24) is 0 Å². The van der Waals surface area contributed by atoms with Crippen LogP contribution in [0.5, 0.6) is 11.5 Å². The Morgan fingerprint density at radius 3 is 2.55 bits per heavy atom. The van der Waals surface area contributed by atoms with Crippen molar-refractivity contribution in [3.05, 3.63) is 18.2 Å². The molecule has 0 bridgehead atoms. The Hall–Kier alpha value is -1.57. The zero-order valence-electron chi connectivity index (χ0n) is 11.2. The average molecular weight is 309 g/mol. The van der Waals surface area contributed by atoms with Crippen LogP contribution in [0.15, 0.2) is 18.2 Å². The number of rotatable bonds is 8. The van der Waals surface area contributed by atoms with Gasteiger partial charge in [-0.3, -0.25) is 0 Å². The molecule has 1 rings (SSSR count). The van der Waals surface area contributed by atoms with Gasteiger partial charge in [-0.25, -0.2) is 8.42 Å². The molecule has 0 saturated carbocycles. The topological polar surface area (TPSA) is 64.6 Å². The first-order valence-corrected chi connectivity index (χ1v) is 8.01. The Bertz CT molecular complexity index is 534. The van der Waals surface area contributed by atoms with Crippen molar-refractivity contribution in [2.24, 2.45) is 0 Å². The first-order chi connectivity index (χ1) is 9.31. The van der Waals surface area contributed by atoms with Crippen molar-refractivity contribution in [2.75, 3.05) is 30.5 Å². The van der Waals surface area contributed by atoms with Gasteiger partial charge in [0, 0.05) is 24.6 Å². The lowest BCUT2D eigenvalue weighted by Gasteiger charge is -2.13. The molecule has 20 heavy (non-hydrogen) atoms. The summed E-state index contributed by atoms with van der Waals surface area (Å²) in [4.78, 5) is 0. The summed E-state index contributed by atoms with van der Waals surface area (Å²) < 4.78 is 56.0. The molecule has 0 heterocycles. The zero-order chi connectivity index (χ0) is 15.2. The van der Waals surface area contributed by atoms with Crippen LogP contribution >= 0.6 is 0 Å². The molecule has 0 aliphatic carbocycles. The number of nitrogens with one attached hydrogen (secondary N) is 1. The largest absolute Gasteiger partial charge is 0.490 e. The summed E-state index contributed by atoms with van der Waals surface area (Å²) in [7, 11) is -3.06. The van der Waals surface area contributed by atoms with Crippen LogP contribution in [-0.4, -0.2) is 40.2 Å². The molecule has 0 radical (unpaired) electrons. The van der Waals surface area contributed by atoms with Crippen LogP contribution in [0.4, 0.5) is 14.5 Å². The third-order valence-corrected chi connectivity index (χ3v) is 3.21. The SMILES string of the molecule is CCOc1cc(NCCS(C)(=O)=O)ccc1OC(F)F. The molecule has 0 aromatic heterocycles. The summed E-state index contributed by atoms with van der Waals surface area (Å²) in [6.07, 6.45) is 1.14. The van der Waals surface area contributed by atoms with Crippen LogP contribution in [0.3, 0.4) is 0 Å². The van der Waals surface area contributed by atoms with Gasteiger partial charge in [0.1, 0.15) is 9.84 Å². The Labute approximate surface area is 116 Å². The molecule has 1 aromatic rings. The maximum absolute atomic E-state index is 12.2. The molecule has 0 amide bonds. The molecular formula is C12H17F2NO4S. The average Bonchev–Trinajstić information content (AvgIpc) is 2.30. The molecule has 0 fully saturated rings. The van der Waals surface area contributed by atoms with Gasteiger partial charge in [0.05, 0.1) is 12.4 Å². The highest BCUT2D eigenvalue weighted by Gasteiger charge is 2.11. The van der Waals surface area contributed by atoms with E-state index in [-0.39, 0.29) is 23.8 Å². The van der Waals surface area contributed by atoms with Gasteiger partial charge in [-0.1, -0.05) is 0 Å². The lowest BCUT2D eigenvalue weighted by atomic mass is 10.2. The third-order valence-electron chi connectivity index (χ3n) is 2.26. The molecule has 0 atom stereocenters. The lowest BCUT2D eigenvalue weighted by Crippen LogP contribution is -2.14. The predicted molar refractivity (Wildman–Crippen MR) is 72.4 cm³/mol. The highest BCUT2D eigenvalue weighted by atomic mass is 32.2. The second-order valence-corrected chi connectivity index (χ2v) is 6.29. The Balaban J connectivity index is 2.76. The van der Waals surface area contributed by atoms with E-state index in [4.69, 9.17) is 4.74 Å². The molecule has 0 aliphatic heterocycles. The third kappa shape index (κ3) is 6.05. The maximum Gasteiger partial charge on any atom is 0.387 e. The van der Waals surface area contributed by atoms with Crippen LogP contribution in [-0.2, 0) is 9.84 Å². The van der Waals surface area contributed by atoms with Crippen LogP contribution < -0.4 is 14.8 Å². The number of alkyl halides is 2. The number of sulfone groups is 1. The highest BCUT2D eigenvalue weighted by molar-refractivity contribution is 7.90. The summed E-state index contributed by atoms with van der Waals surface area (Å²) in [5.41, 5.74) is 0.568. The minimum absolute atomic E-state index is 0.0216. The fraction of sp³-hybridized carbons (Fsp3) is 0.500. The Morgan fingerprint density at radius 2 is 2.00 bits per heavy atom. The molecule has 1 N–H and O–H groups in total. The fourth-order valence-corrected chi connectivity index (χ4v) is 1.93. The van der Waals surface area contributed by atoms with E-state index in [0.29, 0.717) is 12.3 Å². The van der Waals surface area contributed by atoms with E-state index in [2.05, 4.69) is 10.1 Å². The van der Waals surface area contributed by atoms with Crippen molar-refractivity contribution < 1.29 is 26.7 Å². The summed E-state index contributed by atoms with van der Waals surface area (Å²) in [5, 5.41) is 2.88. The van der Waals surface area contributed by atoms with E-state index in [0.717, 1.165) is 6.26 Å². The van der Waals surface area contributed by atoms with Crippen molar-refractivity contribution >= 4 is 15.5 Å². The van der Waals surface area contributed by atoms with E-state index in [1.54, 1.807) is 6.92 Å². The van der Waals surface area contributed by atoms with E-state index in [1.165, 1.54) is 18.2 Å². The van der Waals surface area contributed by atoms with E-state index in [1.807, 2.05) is 0 Å². The Kier molecular flexibility index (Phi) is 6.00. The zero-order valence-corrected chi connectivity index (χ0v) is 12.0. The summed E-state index contributed by atoms with van der Waals surface area (Å²) >= 11 is 0. The summed E-state index contributed by atoms with van der Waals surface area (Å²) in [5.74, 6) is 0.0966. The second kappa shape index (κ2) is 7.28. The molecule has 1 aromatic carbocycles. The van der Waals surface area contributed by atoms with Crippen LogP contribution in [0.2, 0.25) is 0 Å². The van der Waals surface area contributed by atoms with E-state index >= 15 is 0 Å². The smallest absolute Gasteiger partial charge is 0.387 e. The number of halogens is 2. The first kappa shape index (κ1) is 16.5.